The Bertz CT molecular complexity index is 1150. The summed E-state index contributed by atoms with van der Waals surface area (Å²) in [5.41, 5.74) is 9.56. The van der Waals surface area contributed by atoms with Crippen LogP contribution in [0.1, 0.15) is 12.0 Å². The lowest BCUT2D eigenvalue weighted by molar-refractivity contribution is -0.126. The molecule has 3 aromatic rings. The molecule has 182 valence electrons. The molecule has 0 saturated carbocycles. The predicted molar refractivity (Wildman–Crippen MR) is 136 cm³/mol. The normalized spacial score (nSPS) is 22.8. The number of hydrogen-bond acceptors (Lipinski definition) is 9. The Kier molecular flexibility index (Phi) is 7.12. The van der Waals surface area contributed by atoms with Crippen molar-refractivity contribution in [3.8, 4) is 11.3 Å². The minimum atomic E-state index is -0.313. The molecular formula is C25H31N9O. The largest absolute Gasteiger partial charge is 0.370 e. The maximum Gasteiger partial charge on any atom is 0.236 e. The smallest absolute Gasteiger partial charge is 0.236 e. The number of benzene rings is 1. The van der Waals surface area contributed by atoms with E-state index in [0.29, 0.717) is 19.2 Å². The van der Waals surface area contributed by atoms with Crippen LogP contribution in [0.15, 0.2) is 54.9 Å². The van der Waals surface area contributed by atoms with Gasteiger partial charge < -0.3 is 21.7 Å². The van der Waals surface area contributed by atoms with Crippen LogP contribution in [-0.4, -0.2) is 76.1 Å². The van der Waals surface area contributed by atoms with Gasteiger partial charge in [-0.05, 0) is 48.9 Å². The monoisotopic (exact) mass is 473 g/mol. The standard InChI is InChI=1S/C25H31N9O/c26-24(35)22-16-33-11-12-34(22)17-27-8-2-9-28-23-6-5-19(14-30-23)21-7-10-29-25(32-21)31-20-4-1-3-18(13-20)15-33/h1,3-7,10,13-14,22,27H,2,8-9,11-12,15-17H2,(H2,26,35)(H,28,30)(H,29,31,32). The van der Waals surface area contributed by atoms with Gasteiger partial charge in [-0.15, -0.1) is 0 Å². The first kappa shape index (κ1) is 23.2. The molecule has 1 amide bonds. The number of carbonyl (C=O) groups is 1. The zero-order valence-corrected chi connectivity index (χ0v) is 19.7. The van der Waals surface area contributed by atoms with E-state index in [-0.39, 0.29) is 11.9 Å². The number of piperazine rings is 1. The molecule has 1 saturated heterocycles. The van der Waals surface area contributed by atoms with Crippen molar-refractivity contribution in [1.82, 2.24) is 30.1 Å². The molecule has 10 heteroatoms. The van der Waals surface area contributed by atoms with Crippen molar-refractivity contribution in [1.29, 1.82) is 0 Å². The van der Waals surface area contributed by atoms with Gasteiger partial charge in [0.05, 0.1) is 5.69 Å². The highest BCUT2D eigenvalue weighted by atomic mass is 16.1. The summed E-state index contributed by atoms with van der Waals surface area (Å²) in [5, 5.41) is 10.1. The Hall–Kier alpha value is -3.60. The Morgan fingerprint density at radius 1 is 1.09 bits per heavy atom. The van der Waals surface area contributed by atoms with E-state index in [2.05, 4.69) is 52.8 Å². The van der Waals surface area contributed by atoms with Gasteiger partial charge in [-0.1, -0.05) is 12.1 Å². The zero-order valence-electron chi connectivity index (χ0n) is 19.7. The second-order valence-corrected chi connectivity index (χ2v) is 8.93. The quantitative estimate of drug-likeness (QED) is 0.417. The molecule has 1 aromatic carbocycles. The molecule has 7 heterocycles. The number of pyridine rings is 1. The van der Waals surface area contributed by atoms with Crippen molar-refractivity contribution < 1.29 is 4.79 Å². The van der Waals surface area contributed by atoms with Crippen molar-refractivity contribution in [3.05, 3.63) is 60.4 Å². The molecular weight excluding hydrogens is 442 g/mol. The summed E-state index contributed by atoms with van der Waals surface area (Å²) >= 11 is 0. The highest BCUT2D eigenvalue weighted by Crippen LogP contribution is 2.21. The Balaban J connectivity index is 1.39. The molecule has 8 bridgehead atoms. The molecule has 5 aliphatic rings. The highest BCUT2D eigenvalue weighted by molar-refractivity contribution is 5.80. The summed E-state index contributed by atoms with van der Waals surface area (Å²) in [7, 11) is 0. The van der Waals surface area contributed by atoms with Gasteiger partial charge in [-0.3, -0.25) is 14.6 Å². The van der Waals surface area contributed by atoms with E-state index in [4.69, 9.17) is 5.73 Å². The van der Waals surface area contributed by atoms with Crippen LogP contribution >= 0.6 is 0 Å². The van der Waals surface area contributed by atoms with Crippen molar-refractivity contribution in [2.75, 3.05) is 50.0 Å². The first-order chi connectivity index (χ1) is 17.1. The van der Waals surface area contributed by atoms with Gasteiger partial charge in [0.1, 0.15) is 11.9 Å². The lowest BCUT2D eigenvalue weighted by Crippen LogP contribution is -2.59. The van der Waals surface area contributed by atoms with Crippen LogP contribution in [-0.2, 0) is 11.3 Å². The fourth-order valence-corrected chi connectivity index (χ4v) is 4.50. The van der Waals surface area contributed by atoms with E-state index in [1.54, 1.807) is 6.20 Å². The van der Waals surface area contributed by atoms with Crippen molar-refractivity contribution >= 4 is 23.4 Å². The Morgan fingerprint density at radius 3 is 2.89 bits per heavy atom. The third-order valence-corrected chi connectivity index (χ3v) is 6.36. The highest BCUT2D eigenvalue weighted by Gasteiger charge is 2.30. The number of anilines is 3. The average Bonchev–Trinajstić information content (AvgIpc) is 2.87. The second-order valence-electron chi connectivity index (χ2n) is 8.93. The maximum absolute atomic E-state index is 12.2. The van der Waals surface area contributed by atoms with Crippen LogP contribution in [0.3, 0.4) is 0 Å². The second kappa shape index (κ2) is 10.8. The first-order valence-corrected chi connectivity index (χ1v) is 12.0. The van der Waals surface area contributed by atoms with E-state index in [9.17, 15) is 4.79 Å². The summed E-state index contributed by atoms with van der Waals surface area (Å²) in [6.45, 7) is 5.29. The number of amides is 1. The fraction of sp³-hybridized carbons (Fsp3) is 0.360. The lowest BCUT2D eigenvalue weighted by atomic mass is 10.1. The molecule has 1 fully saturated rings. The van der Waals surface area contributed by atoms with Gasteiger partial charge in [-0.2, -0.15) is 0 Å². The third-order valence-electron chi connectivity index (χ3n) is 6.36. The number of nitrogens with one attached hydrogen (secondary N) is 3. The molecule has 0 spiro atoms. The number of primary amides is 1. The number of hydrogen-bond donors (Lipinski definition) is 4. The number of rotatable bonds is 1. The Morgan fingerprint density at radius 2 is 2.03 bits per heavy atom. The first-order valence-electron chi connectivity index (χ1n) is 12.0. The predicted octanol–water partition coefficient (Wildman–Crippen LogP) is 1.62. The van der Waals surface area contributed by atoms with Gasteiger partial charge in [0.15, 0.2) is 0 Å². The van der Waals surface area contributed by atoms with E-state index in [1.165, 1.54) is 0 Å². The molecule has 3 atom stereocenters. The van der Waals surface area contributed by atoms with Gasteiger partial charge in [0.2, 0.25) is 11.9 Å². The number of nitrogens with two attached hydrogens (primary N) is 1. The molecule has 3 unspecified atom stereocenters. The molecule has 8 rings (SSSR count). The van der Waals surface area contributed by atoms with Crippen LogP contribution in [0.25, 0.3) is 11.3 Å². The Labute approximate surface area is 205 Å². The number of carbonyl (C=O) groups excluding carboxylic acids is 1. The van der Waals surface area contributed by atoms with Crippen molar-refractivity contribution in [2.45, 2.75) is 19.0 Å². The van der Waals surface area contributed by atoms with E-state index >= 15 is 0 Å². The maximum atomic E-state index is 12.2. The summed E-state index contributed by atoms with van der Waals surface area (Å²) in [5.74, 6) is 1.07. The molecule has 5 aliphatic heterocycles. The van der Waals surface area contributed by atoms with Crippen LogP contribution in [0, 0.1) is 0 Å². The number of aromatic nitrogens is 3. The van der Waals surface area contributed by atoms with Crippen LogP contribution < -0.4 is 21.7 Å². The van der Waals surface area contributed by atoms with Gasteiger partial charge in [0, 0.05) is 63.0 Å². The van der Waals surface area contributed by atoms with Gasteiger partial charge >= 0.3 is 0 Å². The summed E-state index contributed by atoms with van der Waals surface area (Å²) in [4.78, 5) is 30.2. The minimum Gasteiger partial charge on any atom is -0.370 e. The van der Waals surface area contributed by atoms with Crippen molar-refractivity contribution in [2.24, 2.45) is 5.73 Å². The lowest BCUT2D eigenvalue weighted by Gasteiger charge is -2.40. The van der Waals surface area contributed by atoms with E-state index in [0.717, 1.165) is 67.5 Å². The van der Waals surface area contributed by atoms with Gasteiger partial charge in [0.25, 0.3) is 0 Å². The molecule has 0 radical (unpaired) electrons. The average molecular weight is 474 g/mol. The third kappa shape index (κ3) is 5.91. The zero-order chi connectivity index (χ0) is 24.0. The minimum absolute atomic E-state index is 0.283. The fourth-order valence-electron chi connectivity index (χ4n) is 4.50. The topological polar surface area (TPSA) is 124 Å². The molecule has 5 N–H and O–H groups in total. The van der Waals surface area contributed by atoms with Gasteiger partial charge in [-0.25, -0.2) is 15.0 Å². The van der Waals surface area contributed by atoms with Crippen LogP contribution in [0.5, 0.6) is 0 Å². The van der Waals surface area contributed by atoms with Crippen LogP contribution in [0.2, 0.25) is 0 Å². The number of nitrogens with zero attached hydrogens (tertiary/aromatic N) is 5. The molecule has 10 nitrogen and oxygen atoms in total. The van der Waals surface area contributed by atoms with E-state index in [1.807, 2.05) is 36.5 Å². The summed E-state index contributed by atoms with van der Waals surface area (Å²) in [6.07, 6.45) is 4.50. The summed E-state index contributed by atoms with van der Waals surface area (Å²) in [6, 6.07) is 13.7. The molecule has 0 aliphatic carbocycles. The molecule has 2 aromatic heterocycles. The van der Waals surface area contributed by atoms with Crippen LogP contribution in [0.4, 0.5) is 17.5 Å². The SMILES string of the molecule is NC(=O)C1CN2CCN1CNCCCNc1ccc(cn1)-c1ccnc(n1)Nc1cccc(c1)C2. The molecule has 35 heavy (non-hydrogen) atoms. The van der Waals surface area contributed by atoms with E-state index < -0.39 is 0 Å². The summed E-state index contributed by atoms with van der Waals surface area (Å²) < 4.78 is 0. The van der Waals surface area contributed by atoms with Crippen molar-refractivity contribution in [3.63, 3.8) is 0 Å².